The average molecular weight is 488 g/mol. The van der Waals surface area contributed by atoms with Gasteiger partial charge < -0.3 is 9.94 Å². The van der Waals surface area contributed by atoms with Crippen molar-refractivity contribution in [3.63, 3.8) is 0 Å². The Balaban J connectivity index is 1.40. The standard InChI is InChI=1S/C29H30ClN3O2/c1-21-15-22(2)20-33(19-21)13-14-35-29-12-4-23(16-26(29)18-32-34)3-10-28-11-7-25(17-31-28)24-5-8-27(30)9-6-24/h4-9,11-12,16-18,21-22,34H,13-15,19-20H2,1-2H3. The van der Waals surface area contributed by atoms with Crippen LogP contribution in [-0.2, 0) is 0 Å². The third kappa shape index (κ3) is 7.08. The number of ether oxygens (including phenoxy) is 1. The molecule has 3 aromatic rings. The SMILES string of the molecule is CC1CC(C)CN(CCOc2ccc(C#Cc3ccc(-c4ccc(Cl)cc4)cn3)cc2C=NO)C1. The van der Waals surface area contributed by atoms with Gasteiger partial charge in [0, 0.05) is 47.5 Å². The van der Waals surface area contributed by atoms with Crippen LogP contribution in [0.5, 0.6) is 5.75 Å². The molecular weight excluding hydrogens is 458 g/mol. The van der Waals surface area contributed by atoms with Crippen LogP contribution < -0.4 is 4.74 Å². The van der Waals surface area contributed by atoms with Crippen molar-refractivity contribution >= 4 is 17.8 Å². The van der Waals surface area contributed by atoms with Crippen LogP contribution in [0.1, 0.15) is 37.1 Å². The topological polar surface area (TPSA) is 58.0 Å². The van der Waals surface area contributed by atoms with Crippen molar-refractivity contribution in [2.75, 3.05) is 26.2 Å². The zero-order valence-corrected chi connectivity index (χ0v) is 20.9. The quantitative estimate of drug-likeness (QED) is 0.201. The fraction of sp³-hybridized carbons (Fsp3) is 0.310. The van der Waals surface area contributed by atoms with Gasteiger partial charge in [-0.15, -0.1) is 0 Å². The number of likely N-dealkylation sites (tertiary alicyclic amines) is 1. The maximum absolute atomic E-state index is 9.12. The van der Waals surface area contributed by atoms with Crippen molar-refractivity contribution in [3.8, 4) is 28.7 Å². The van der Waals surface area contributed by atoms with Gasteiger partial charge in [-0.2, -0.15) is 0 Å². The third-order valence-corrected chi connectivity index (χ3v) is 6.34. The Morgan fingerprint density at radius 1 is 1.06 bits per heavy atom. The maximum atomic E-state index is 9.12. The number of rotatable bonds is 6. The highest BCUT2D eigenvalue weighted by Gasteiger charge is 2.21. The van der Waals surface area contributed by atoms with Gasteiger partial charge in [0.05, 0.1) is 6.21 Å². The minimum absolute atomic E-state index is 0.584. The fourth-order valence-electron chi connectivity index (χ4n) is 4.60. The van der Waals surface area contributed by atoms with Crippen LogP contribution in [0, 0.1) is 23.7 Å². The van der Waals surface area contributed by atoms with E-state index in [1.165, 1.54) is 12.6 Å². The molecule has 2 atom stereocenters. The lowest BCUT2D eigenvalue weighted by molar-refractivity contribution is 0.120. The second kappa shape index (κ2) is 11.9. The minimum atomic E-state index is 0.584. The lowest BCUT2D eigenvalue weighted by Gasteiger charge is -2.34. The van der Waals surface area contributed by atoms with Gasteiger partial charge in [-0.1, -0.05) is 54.7 Å². The predicted octanol–water partition coefficient (Wildman–Crippen LogP) is 5.97. The van der Waals surface area contributed by atoms with Crippen molar-refractivity contribution in [3.05, 3.63) is 82.6 Å². The van der Waals surface area contributed by atoms with E-state index in [1.807, 2.05) is 54.6 Å². The Bertz CT molecular complexity index is 1200. The maximum Gasteiger partial charge on any atom is 0.128 e. The number of hydrogen-bond acceptors (Lipinski definition) is 5. The normalized spacial score (nSPS) is 18.3. The lowest BCUT2D eigenvalue weighted by Crippen LogP contribution is -2.40. The molecule has 5 nitrogen and oxygen atoms in total. The van der Waals surface area contributed by atoms with E-state index in [1.54, 1.807) is 6.20 Å². The molecule has 0 spiro atoms. The van der Waals surface area contributed by atoms with Crippen LogP contribution in [0.3, 0.4) is 0 Å². The molecule has 4 rings (SSSR count). The molecule has 0 saturated carbocycles. The summed E-state index contributed by atoms with van der Waals surface area (Å²) in [5, 5.41) is 13.0. The molecule has 6 heteroatoms. The predicted molar refractivity (Wildman–Crippen MR) is 141 cm³/mol. The van der Waals surface area contributed by atoms with Crippen LogP contribution >= 0.6 is 11.6 Å². The van der Waals surface area contributed by atoms with Crippen molar-refractivity contribution < 1.29 is 9.94 Å². The van der Waals surface area contributed by atoms with E-state index in [4.69, 9.17) is 21.5 Å². The van der Waals surface area contributed by atoms with Gasteiger partial charge in [0.15, 0.2) is 0 Å². The summed E-state index contributed by atoms with van der Waals surface area (Å²) < 4.78 is 6.03. The third-order valence-electron chi connectivity index (χ3n) is 6.09. The van der Waals surface area contributed by atoms with Crippen LogP contribution in [0.15, 0.2) is 65.9 Å². The molecule has 1 aliphatic rings. The molecule has 1 fully saturated rings. The molecule has 1 aliphatic heterocycles. The number of nitrogens with zero attached hydrogens (tertiary/aromatic N) is 3. The van der Waals surface area contributed by atoms with Crippen molar-refractivity contribution in [1.29, 1.82) is 0 Å². The molecular formula is C29H30ClN3O2. The highest BCUT2D eigenvalue weighted by Crippen LogP contribution is 2.23. The molecule has 1 aromatic heterocycles. The summed E-state index contributed by atoms with van der Waals surface area (Å²) in [4.78, 5) is 6.92. The van der Waals surface area contributed by atoms with E-state index in [0.29, 0.717) is 28.6 Å². The fourth-order valence-corrected chi connectivity index (χ4v) is 4.72. The summed E-state index contributed by atoms with van der Waals surface area (Å²) in [7, 11) is 0. The summed E-state index contributed by atoms with van der Waals surface area (Å²) in [6, 6.07) is 17.2. The summed E-state index contributed by atoms with van der Waals surface area (Å²) in [6.45, 7) is 8.30. The number of piperidine rings is 1. The second-order valence-electron chi connectivity index (χ2n) is 9.24. The van der Waals surface area contributed by atoms with E-state index < -0.39 is 0 Å². The first-order valence-corrected chi connectivity index (χ1v) is 12.3. The van der Waals surface area contributed by atoms with Gasteiger partial charge in [-0.3, -0.25) is 4.90 Å². The van der Waals surface area contributed by atoms with E-state index in [2.05, 4.69) is 40.7 Å². The molecule has 2 heterocycles. The molecule has 0 radical (unpaired) electrons. The largest absolute Gasteiger partial charge is 0.492 e. The number of hydrogen-bond donors (Lipinski definition) is 1. The molecule has 2 unspecified atom stereocenters. The summed E-state index contributed by atoms with van der Waals surface area (Å²) >= 11 is 5.97. The summed E-state index contributed by atoms with van der Waals surface area (Å²) in [5.74, 6) is 8.35. The second-order valence-corrected chi connectivity index (χ2v) is 9.68. The highest BCUT2D eigenvalue weighted by atomic mass is 35.5. The molecule has 0 bridgehead atoms. The van der Waals surface area contributed by atoms with Crippen LogP contribution in [-0.4, -0.2) is 47.5 Å². The number of pyridine rings is 1. The van der Waals surface area contributed by atoms with Crippen LogP contribution in [0.2, 0.25) is 5.02 Å². The zero-order valence-electron chi connectivity index (χ0n) is 20.1. The van der Waals surface area contributed by atoms with Gasteiger partial charge >= 0.3 is 0 Å². The van der Waals surface area contributed by atoms with Crippen molar-refractivity contribution in [2.24, 2.45) is 17.0 Å². The molecule has 35 heavy (non-hydrogen) atoms. The Hall–Kier alpha value is -3.33. The van der Waals surface area contributed by atoms with Gasteiger partial charge in [0.1, 0.15) is 18.1 Å². The first-order valence-electron chi connectivity index (χ1n) is 11.9. The summed E-state index contributed by atoms with van der Waals surface area (Å²) in [6.07, 6.45) is 4.47. The average Bonchev–Trinajstić information content (AvgIpc) is 2.84. The number of aromatic nitrogens is 1. The number of oxime groups is 1. The first kappa shape index (κ1) is 24.8. The smallest absolute Gasteiger partial charge is 0.128 e. The zero-order chi connectivity index (χ0) is 24.6. The van der Waals surface area contributed by atoms with Gasteiger partial charge in [0.25, 0.3) is 0 Å². The minimum Gasteiger partial charge on any atom is -0.492 e. The molecule has 0 aliphatic carbocycles. The molecule has 2 aromatic carbocycles. The highest BCUT2D eigenvalue weighted by molar-refractivity contribution is 6.30. The van der Waals surface area contributed by atoms with Gasteiger partial charge in [0.2, 0.25) is 0 Å². The number of benzene rings is 2. The Kier molecular flexibility index (Phi) is 8.41. The Morgan fingerprint density at radius 3 is 2.49 bits per heavy atom. The molecule has 0 amide bonds. The lowest BCUT2D eigenvalue weighted by atomic mass is 9.92. The van der Waals surface area contributed by atoms with Gasteiger partial charge in [-0.05, 0) is 66.1 Å². The van der Waals surface area contributed by atoms with Crippen molar-refractivity contribution in [2.45, 2.75) is 20.3 Å². The molecule has 1 N–H and O–H groups in total. The van der Waals surface area contributed by atoms with Gasteiger partial charge in [-0.25, -0.2) is 4.98 Å². The first-order chi connectivity index (χ1) is 17.0. The van der Waals surface area contributed by atoms with E-state index >= 15 is 0 Å². The van der Waals surface area contributed by atoms with E-state index in [0.717, 1.165) is 48.2 Å². The monoisotopic (exact) mass is 487 g/mol. The van der Waals surface area contributed by atoms with E-state index in [9.17, 15) is 0 Å². The molecule has 1 saturated heterocycles. The Labute approximate surface area is 212 Å². The Morgan fingerprint density at radius 2 is 1.80 bits per heavy atom. The van der Waals surface area contributed by atoms with Crippen LogP contribution in [0.25, 0.3) is 11.1 Å². The molecule has 180 valence electrons. The number of halogens is 1. The summed E-state index contributed by atoms with van der Waals surface area (Å²) in [5.41, 5.74) is 4.20. The van der Waals surface area contributed by atoms with Crippen molar-refractivity contribution in [1.82, 2.24) is 9.88 Å². The van der Waals surface area contributed by atoms with Crippen LogP contribution in [0.4, 0.5) is 0 Å². The van der Waals surface area contributed by atoms with E-state index in [-0.39, 0.29) is 0 Å².